The largest absolute Gasteiger partial charge is 0.383 e. The maximum Gasteiger partial charge on any atom is 0.142 e. The molecule has 1 aromatic heterocycles. The standard InChI is InChI=1S/C14H26N4S/c1-10-6-5-7-14(8-10,18(3)4)9-16-13-11(2)12(15)17-19-13/h10,16H,5-9H2,1-4H3,(H2,15,17). The van der Waals surface area contributed by atoms with Gasteiger partial charge in [0.15, 0.2) is 0 Å². The first-order chi connectivity index (χ1) is 8.94. The van der Waals surface area contributed by atoms with Crippen LogP contribution in [0.2, 0.25) is 0 Å². The third-order valence-corrected chi connectivity index (χ3v) is 5.48. The van der Waals surface area contributed by atoms with Crippen LogP contribution in [-0.4, -0.2) is 35.5 Å². The molecule has 1 aliphatic rings. The first-order valence-electron chi connectivity index (χ1n) is 7.08. The van der Waals surface area contributed by atoms with Crippen LogP contribution in [0, 0.1) is 12.8 Å². The van der Waals surface area contributed by atoms with E-state index in [4.69, 9.17) is 5.73 Å². The van der Waals surface area contributed by atoms with Gasteiger partial charge < -0.3 is 16.0 Å². The molecule has 2 rings (SSSR count). The maximum atomic E-state index is 5.81. The predicted molar refractivity (Wildman–Crippen MR) is 83.8 cm³/mol. The fraction of sp³-hybridized carbons (Fsp3) is 0.786. The van der Waals surface area contributed by atoms with Crippen molar-refractivity contribution in [3.05, 3.63) is 5.56 Å². The van der Waals surface area contributed by atoms with E-state index in [0.29, 0.717) is 5.82 Å². The molecule has 19 heavy (non-hydrogen) atoms. The molecule has 5 heteroatoms. The van der Waals surface area contributed by atoms with Gasteiger partial charge in [0, 0.05) is 17.6 Å². The highest BCUT2D eigenvalue weighted by Crippen LogP contribution is 2.36. The zero-order valence-corrected chi connectivity index (χ0v) is 13.3. The number of nitrogens with two attached hydrogens (primary N) is 1. The first kappa shape index (κ1) is 14.6. The zero-order valence-electron chi connectivity index (χ0n) is 12.5. The van der Waals surface area contributed by atoms with E-state index in [9.17, 15) is 0 Å². The Morgan fingerprint density at radius 1 is 1.53 bits per heavy atom. The van der Waals surface area contributed by atoms with Crippen molar-refractivity contribution < 1.29 is 0 Å². The second-order valence-electron chi connectivity index (χ2n) is 6.20. The molecule has 1 saturated carbocycles. The molecule has 0 radical (unpaired) electrons. The minimum atomic E-state index is 0.267. The van der Waals surface area contributed by atoms with Gasteiger partial charge in [0.25, 0.3) is 0 Å². The van der Waals surface area contributed by atoms with Crippen molar-refractivity contribution in [2.45, 2.75) is 45.1 Å². The van der Waals surface area contributed by atoms with Crippen molar-refractivity contribution in [1.29, 1.82) is 0 Å². The number of rotatable bonds is 4. The summed E-state index contributed by atoms with van der Waals surface area (Å²) in [6.45, 7) is 5.38. The van der Waals surface area contributed by atoms with Crippen LogP contribution in [-0.2, 0) is 0 Å². The monoisotopic (exact) mass is 282 g/mol. The number of anilines is 2. The summed E-state index contributed by atoms with van der Waals surface area (Å²) >= 11 is 1.47. The molecule has 1 aliphatic carbocycles. The fourth-order valence-electron chi connectivity index (χ4n) is 3.11. The molecule has 3 N–H and O–H groups in total. The maximum absolute atomic E-state index is 5.81. The highest BCUT2D eigenvalue weighted by molar-refractivity contribution is 7.10. The Morgan fingerprint density at radius 2 is 2.26 bits per heavy atom. The van der Waals surface area contributed by atoms with Gasteiger partial charge in [0.1, 0.15) is 10.8 Å². The van der Waals surface area contributed by atoms with Gasteiger partial charge in [-0.1, -0.05) is 19.8 Å². The minimum Gasteiger partial charge on any atom is -0.383 e. The summed E-state index contributed by atoms with van der Waals surface area (Å²) in [6.07, 6.45) is 5.22. The molecule has 0 saturated heterocycles. The van der Waals surface area contributed by atoms with Crippen LogP contribution in [0.4, 0.5) is 10.8 Å². The lowest BCUT2D eigenvalue weighted by molar-refractivity contribution is 0.0883. The summed E-state index contributed by atoms with van der Waals surface area (Å²) in [7, 11) is 4.40. The van der Waals surface area contributed by atoms with Crippen LogP contribution in [0.1, 0.15) is 38.2 Å². The van der Waals surface area contributed by atoms with Crippen LogP contribution >= 0.6 is 11.5 Å². The fourth-order valence-corrected chi connectivity index (χ4v) is 3.82. The molecule has 2 atom stereocenters. The quantitative estimate of drug-likeness (QED) is 0.891. The smallest absolute Gasteiger partial charge is 0.142 e. The van der Waals surface area contributed by atoms with Crippen LogP contribution in [0.5, 0.6) is 0 Å². The normalized spacial score (nSPS) is 27.7. The summed E-state index contributed by atoms with van der Waals surface area (Å²) < 4.78 is 4.21. The highest BCUT2D eigenvalue weighted by atomic mass is 32.1. The number of likely N-dealkylation sites (N-methyl/N-ethyl adjacent to an activating group) is 1. The van der Waals surface area contributed by atoms with Gasteiger partial charge in [-0.3, -0.25) is 0 Å². The van der Waals surface area contributed by atoms with E-state index in [-0.39, 0.29) is 5.54 Å². The van der Waals surface area contributed by atoms with Crippen LogP contribution in [0.3, 0.4) is 0 Å². The lowest BCUT2D eigenvalue weighted by atomic mass is 9.75. The topological polar surface area (TPSA) is 54.2 Å². The molecule has 108 valence electrons. The van der Waals surface area contributed by atoms with E-state index in [2.05, 4.69) is 35.6 Å². The first-order valence-corrected chi connectivity index (χ1v) is 7.85. The van der Waals surface area contributed by atoms with Crippen LogP contribution < -0.4 is 11.1 Å². The number of nitrogen functional groups attached to an aromatic ring is 1. The van der Waals surface area contributed by atoms with E-state index >= 15 is 0 Å². The molecule has 0 spiro atoms. The van der Waals surface area contributed by atoms with E-state index in [1.807, 2.05) is 6.92 Å². The Hall–Kier alpha value is -0.810. The molecule has 1 aromatic rings. The van der Waals surface area contributed by atoms with E-state index in [1.54, 1.807) is 0 Å². The van der Waals surface area contributed by atoms with Crippen molar-refractivity contribution >= 4 is 22.4 Å². The Bertz CT molecular complexity index is 429. The second kappa shape index (κ2) is 5.67. The van der Waals surface area contributed by atoms with Gasteiger partial charge >= 0.3 is 0 Å². The molecule has 0 amide bonds. The summed E-state index contributed by atoms with van der Waals surface area (Å²) in [5.41, 5.74) is 7.17. The molecular formula is C14H26N4S. The number of aromatic nitrogens is 1. The summed E-state index contributed by atoms with van der Waals surface area (Å²) in [6, 6.07) is 0. The molecule has 1 fully saturated rings. The highest BCUT2D eigenvalue weighted by Gasteiger charge is 2.36. The van der Waals surface area contributed by atoms with Crippen molar-refractivity contribution in [1.82, 2.24) is 9.27 Å². The van der Waals surface area contributed by atoms with Crippen molar-refractivity contribution in [3.8, 4) is 0 Å². The van der Waals surface area contributed by atoms with E-state index < -0.39 is 0 Å². The van der Waals surface area contributed by atoms with Gasteiger partial charge in [-0.15, -0.1) is 0 Å². The summed E-state index contributed by atoms with van der Waals surface area (Å²) in [4.78, 5) is 2.40. The molecule has 4 nitrogen and oxygen atoms in total. The van der Waals surface area contributed by atoms with E-state index in [0.717, 1.165) is 23.0 Å². The zero-order chi connectivity index (χ0) is 14.0. The third-order valence-electron chi connectivity index (χ3n) is 4.55. The Labute approximate surface area is 120 Å². The molecule has 2 unspecified atom stereocenters. The average Bonchev–Trinajstić information content (AvgIpc) is 2.67. The lowest BCUT2D eigenvalue weighted by Gasteiger charge is -2.45. The Morgan fingerprint density at radius 3 is 2.79 bits per heavy atom. The van der Waals surface area contributed by atoms with Gasteiger partial charge in [-0.05, 0) is 51.3 Å². The van der Waals surface area contributed by atoms with Gasteiger partial charge in [-0.25, -0.2) is 0 Å². The predicted octanol–water partition coefficient (Wildman–Crippen LogP) is 2.96. The summed E-state index contributed by atoms with van der Waals surface area (Å²) in [5.74, 6) is 1.47. The third kappa shape index (κ3) is 3.03. The Kier molecular flexibility index (Phi) is 4.36. The number of nitrogens with zero attached hydrogens (tertiary/aromatic N) is 2. The second-order valence-corrected chi connectivity index (χ2v) is 6.97. The summed E-state index contributed by atoms with van der Waals surface area (Å²) in [5, 5.41) is 4.70. The lowest BCUT2D eigenvalue weighted by Crippen LogP contribution is -2.52. The van der Waals surface area contributed by atoms with Crippen molar-refractivity contribution in [2.24, 2.45) is 5.92 Å². The molecule has 0 aromatic carbocycles. The SMILES string of the molecule is Cc1c(N)nsc1NCC1(N(C)C)CCCC(C)C1. The van der Waals surface area contributed by atoms with Gasteiger partial charge in [0.05, 0.1) is 0 Å². The molecular weight excluding hydrogens is 256 g/mol. The minimum absolute atomic E-state index is 0.267. The number of nitrogens with one attached hydrogen (secondary N) is 1. The van der Waals surface area contributed by atoms with Crippen LogP contribution in [0.15, 0.2) is 0 Å². The molecule has 0 aliphatic heterocycles. The van der Waals surface area contributed by atoms with Gasteiger partial charge in [-0.2, -0.15) is 4.37 Å². The van der Waals surface area contributed by atoms with E-state index in [1.165, 1.54) is 37.2 Å². The molecule has 1 heterocycles. The number of hydrogen-bond donors (Lipinski definition) is 2. The van der Waals surface area contributed by atoms with Crippen molar-refractivity contribution in [2.75, 3.05) is 31.7 Å². The molecule has 0 bridgehead atoms. The Balaban J connectivity index is 2.07. The number of hydrogen-bond acceptors (Lipinski definition) is 5. The van der Waals surface area contributed by atoms with Crippen LogP contribution in [0.25, 0.3) is 0 Å². The average molecular weight is 282 g/mol. The van der Waals surface area contributed by atoms with Gasteiger partial charge in [0.2, 0.25) is 0 Å². The van der Waals surface area contributed by atoms with Crippen molar-refractivity contribution in [3.63, 3.8) is 0 Å².